The highest BCUT2D eigenvalue weighted by atomic mass is 19.1. The number of piperidine rings is 1. The highest BCUT2D eigenvalue weighted by Crippen LogP contribution is 2.33. The fourth-order valence-electron chi connectivity index (χ4n) is 3.21. The first-order valence-electron chi connectivity index (χ1n) is 8.23. The van der Waals surface area contributed by atoms with Gasteiger partial charge in [0.2, 0.25) is 11.9 Å². The van der Waals surface area contributed by atoms with E-state index in [9.17, 15) is 9.18 Å². The largest absolute Gasteiger partial charge is 0.375 e. The average molecular weight is 344 g/mol. The van der Waals surface area contributed by atoms with Gasteiger partial charge in [-0.25, -0.2) is 14.4 Å². The van der Waals surface area contributed by atoms with Gasteiger partial charge in [0, 0.05) is 37.9 Å². The highest BCUT2D eigenvalue weighted by Gasteiger charge is 2.27. The first-order valence-corrected chi connectivity index (χ1v) is 8.23. The number of nitrogens with zero attached hydrogens (tertiary/aromatic N) is 3. The molecule has 2 heterocycles. The first-order chi connectivity index (χ1) is 12.1. The number of aromatic nitrogens is 2. The summed E-state index contributed by atoms with van der Waals surface area (Å²) in [6, 6.07) is 6.21. The van der Waals surface area contributed by atoms with Crippen LogP contribution < -0.4 is 5.73 Å². The van der Waals surface area contributed by atoms with E-state index in [0.717, 1.165) is 29.7 Å². The van der Waals surface area contributed by atoms with Gasteiger partial charge in [-0.1, -0.05) is 12.1 Å². The zero-order valence-corrected chi connectivity index (χ0v) is 14.1. The Balaban J connectivity index is 1.91. The van der Waals surface area contributed by atoms with Crippen molar-refractivity contribution in [2.24, 2.45) is 0 Å². The first kappa shape index (κ1) is 17.3. The minimum absolute atomic E-state index is 0.0300. The Hall–Kier alpha value is -2.54. The van der Waals surface area contributed by atoms with E-state index in [-0.39, 0.29) is 30.2 Å². The van der Waals surface area contributed by atoms with Crippen molar-refractivity contribution in [3.05, 3.63) is 42.0 Å². The van der Waals surface area contributed by atoms with Crippen molar-refractivity contribution in [2.45, 2.75) is 18.8 Å². The lowest BCUT2D eigenvalue weighted by Gasteiger charge is -2.33. The Bertz CT molecular complexity index is 751. The van der Waals surface area contributed by atoms with Gasteiger partial charge in [0.1, 0.15) is 12.4 Å². The minimum atomic E-state index is -0.296. The van der Waals surface area contributed by atoms with Gasteiger partial charge >= 0.3 is 0 Å². The molecule has 1 fully saturated rings. The Morgan fingerprint density at radius 1 is 1.40 bits per heavy atom. The molecule has 0 aliphatic carbocycles. The van der Waals surface area contributed by atoms with E-state index in [4.69, 9.17) is 10.5 Å². The third-order valence-corrected chi connectivity index (χ3v) is 4.42. The predicted molar refractivity (Wildman–Crippen MR) is 92.3 cm³/mol. The Morgan fingerprint density at radius 2 is 2.16 bits per heavy atom. The molecule has 1 aromatic carbocycles. The van der Waals surface area contributed by atoms with Gasteiger partial charge in [-0.3, -0.25) is 4.79 Å². The van der Waals surface area contributed by atoms with Crippen LogP contribution in [-0.4, -0.2) is 47.6 Å². The maximum absolute atomic E-state index is 13.2. The second-order valence-corrected chi connectivity index (χ2v) is 6.15. The molecule has 2 N–H and O–H groups in total. The molecule has 132 valence electrons. The van der Waals surface area contributed by atoms with E-state index in [0.29, 0.717) is 13.1 Å². The van der Waals surface area contributed by atoms with Crippen LogP contribution in [0.5, 0.6) is 0 Å². The molecule has 0 saturated carbocycles. The predicted octanol–water partition coefficient (Wildman–Crippen LogP) is 2.22. The number of nitrogen functional groups attached to an aromatic ring is 1. The van der Waals surface area contributed by atoms with E-state index < -0.39 is 0 Å². The van der Waals surface area contributed by atoms with Crippen molar-refractivity contribution < 1.29 is 13.9 Å². The van der Waals surface area contributed by atoms with Gasteiger partial charge in [-0.05, 0) is 30.5 Å². The van der Waals surface area contributed by atoms with E-state index in [2.05, 4.69) is 9.97 Å². The number of likely N-dealkylation sites (tertiary alicyclic amines) is 1. The fraction of sp³-hybridized carbons (Fsp3) is 0.389. The number of nitrogens with two attached hydrogens (primary N) is 1. The number of carbonyl (C=O) groups is 1. The number of rotatable bonds is 4. The summed E-state index contributed by atoms with van der Waals surface area (Å²) >= 11 is 0. The van der Waals surface area contributed by atoms with Crippen molar-refractivity contribution in [3.63, 3.8) is 0 Å². The number of anilines is 1. The molecule has 1 aliphatic rings. The van der Waals surface area contributed by atoms with E-state index in [1.165, 1.54) is 19.2 Å². The number of methoxy groups -OCH3 is 1. The van der Waals surface area contributed by atoms with Crippen molar-refractivity contribution in [3.8, 4) is 11.1 Å². The number of halogens is 1. The summed E-state index contributed by atoms with van der Waals surface area (Å²) in [4.78, 5) is 22.5. The number of amides is 1. The Labute approximate surface area is 145 Å². The lowest BCUT2D eigenvalue weighted by atomic mass is 9.90. The van der Waals surface area contributed by atoms with Gasteiger partial charge in [0.25, 0.3) is 0 Å². The number of carbonyl (C=O) groups excluding carboxylic acids is 1. The molecule has 25 heavy (non-hydrogen) atoms. The van der Waals surface area contributed by atoms with Gasteiger partial charge in [-0.2, -0.15) is 0 Å². The van der Waals surface area contributed by atoms with Crippen molar-refractivity contribution in [1.29, 1.82) is 0 Å². The number of ether oxygens (including phenoxy) is 1. The monoisotopic (exact) mass is 344 g/mol. The molecule has 1 aliphatic heterocycles. The summed E-state index contributed by atoms with van der Waals surface area (Å²) in [5.74, 6) is -0.0747. The van der Waals surface area contributed by atoms with E-state index in [1.54, 1.807) is 23.2 Å². The highest BCUT2D eigenvalue weighted by molar-refractivity contribution is 5.77. The summed E-state index contributed by atoms with van der Waals surface area (Å²) in [6.07, 6.45) is 3.45. The van der Waals surface area contributed by atoms with Gasteiger partial charge < -0.3 is 15.4 Å². The van der Waals surface area contributed by atoms with E-state index >= 15 is 0 Å². The zero-order valence-electron chi connectivity index (χ0n) is 14.1. The van der Waals surface area contributed by atoms with Gasteiger partial charge in [-0.15, -0.1) is 0 Å². The van der Waals surface area contributed by atoms with Crippen LogP contribution in [0.25, 0.3) is 11.1 Å². The molecule has 7 heteroatoms. The van der Waals surface area contributed by atoms with Crippen LogP contribution in [-0.2, 0) is 9.53 Å². The minimum Gasteiger partial charge on any atom is -0.375 e. The summed E-state index contributed by atoms with van der Waals surface area (Å²) < 4.78 is 18.2. The molecule has 1 atom stereocenters. The third-order valence-electron chi connectivity index (χ3n) is 4.42. The molecule has 1 saturated heterocycles. The van der Waals surface area contributed by atoms with Gasteiger partial charge in [0.05, 0.1) is 5.69 Å². The summed E-state index contributed by atoms with van der Waals surface area (Å²) in [7, 11) is 1.51. The molecular formula is C18H21FN4O2. The second kappa shape index (κ2) is 7.57. The van der Waals surface area contributed by atoms with Crippen LogP contribution in [0.1, 0.15) is 24.5 Å². The van der Waals surface area contributed by atoms with Gasteiger partial charge in [0.15, 0.2) is 0 Å². The maximum Gasteiger partial charge on any atom is 0.248 e. The van der Waals surface area contributed by atoms with Crippen LogP contribution in [0.3, 0.4) is 0 Å². The normalized spacial score (nSPS) is 17.5. The molecule has 1 unspecified atom stereocenters. The van der Waals surface area contributed by atoms with Crippen molar-refractivity contribution in [1.82, 2.24) is 14.9 Å². The molecule has 0 radical (unpaired) electrons. The Morgan fingerprint density at radius 3 is 2.88 bits per heavy atom. The lowest BCUT2D eigenvalue weighted by Crippen LogP contribution is -2.41. The molecule has 2 aromatic rings. The van der Waals surface area contributed by atoms with Crippen LogP contribution in [0.2, 0.25) is 0 Å². The van der Waals surface area contributed by atoms with Crippen LogP contribution in [0, 0.1) is 5.82 Å². The quantitative estimate of drug-likeness (QED) is 0.920. The van der Waals surface area contributed by atoms with Crippen LogP contribution >= 0.6 is 0 Å². The third kappa shape index (κ3) is 3.93. The molecule has 1 aromatic heterocycles. The van der Waals surface area contributed by atoms with Crippen molar-refractivity contribution in [2.75, 3.05) is 32.5 Å². The van der Waals surface area contributed by atoms with Crippen LogP contribution in [0.15, 0.2) is 30.5 Å². The smallest absolute Gasteiger partial charge is 0.248 e. The van der Waals surface area contributed by atoms with Crippen molar-refractivity contribution >= 4 is 11.9 Å². The topological polar surface area (TPSA) is 81.3 Å². The molecule has 3 rings (SSSR count). The van der Waals surface area contributed by atoms with Crippen LogP contribution in [0.4, 0.5) is 10.3 Å². The molecule has 6 nitrogen and oxygen atoms in total. The Kier molecular flexibility index (Phi) is 5.23. The summed E-state index contributed by atoms with van der Waals surface area (Å²) in [5.41, 5.74) is 8.25. The standard InChI is InChI=1S/C18H21FN4O2/c1-25-11-16(24)23-8-2-3-13(10-23)17-15(9-21-18(20)22-17)12-4-6-14(19)7-5-12/h4-7,9,13H,2-3,8,10-11H2,1H3,(H2,20,21,22). The average Bonchev–Trinajstić information content (AvgIpc) is 2.63. The summed E-state index contributed by atoms with van der Waals surface area (Å²) in [6.45, 7) is 1.35. The zero-order chi connectivity index (χ0) is 17.8. The second-order valence-electron chi connectivity index (χ2n) is 6.15. The lowest BCUT2D eigenvalue weighted by molar-refractivity contribution is -0.136. The number of benzene rings is 1. The van der Waals surface area contributed by atoms with E-state index in [1.807, 2.05) is 0 Å². The fourth-order valence-corrected chi connectivity index (χ4v) is 3.21. The number of hydrogen-bond donors (Lipinski definition) is 1. The maximum atomic E-state index is 13.2. The molecular weight excluding hydrogens is 323 g/mol. The molecule has 1 amide bonds. The number of hydrogen-bond acceptors (Lipinski definition) is 5. The SMILES string of the molecule is COCC(=O)N1CCCC(c2nc(N)ncc2-c2ccc(F)cc2)C1. The summed E-state index contributed by atoms with van der Waals surface area (Å²) in [5, 5.41) is 0. The molecule has 0 bridgehead atoms. The molecule has 0 spiro atoms.